The third-order valence-corrected chi connectivity index (χ3v) is 7.81. The Morgan fingerprint density at radius 3 is 1.64 bits per heavy atom. The van der Waals surface area contributed by atoms with E-state index in [-0.39, 0.29) is 24.3 Å². The summed E-state index contributed by atoms with van der Waals surface area (Å²) in [6.45, 7) is 0. The van der Waals surface area contributed by atoms with E-state index in [1.807, 2.05) is 0 Å². The van der Waals surface area contributed by atoms with Crippen molar-refractivity contribution in [1.82, 2.24) is 10.6 Å². The van der Waals surface area contributed by atoms with Gasteiger partial charge >= 0.3 is 0 Å². The highest BCUT2D eigenvalue weighted by Crippen LogP contribution is 2.55. The van der Waals surface area contributed by atoms with Gasteiger partial charge in [-0.05, 0) is 47.9 Å². The minimum absolute atomic E-state index is 0.213. The van der Waals surface area contributed by atoms with Crippen molar-refractivity contribution >= 4 is 0 Å². The molecule has 2 saturated heterocycles. The minimum Gasteiger partial charge on any atom is -0.350 e. The second-order valence-electron chi connectivity index (χ2n) is 9.22. The summed E-state index contributed by atoms with van der Waals surface area (Å²) in [6.07, 6.45) is 6.82. The molecule has 4 nitrogen and oxygen atoms in total. The Balaban J connectivity index is 1.26. The van der Waals surface area contributed by atoms with Gasteiger partial charge in [0, 0.05) is 12.8 Å². The lowest BCUT2D eigenvalue weighted by Crippen LogP contribution is -2.68. The highest BCUT2D eigenvalue weighted by atomic mass is 16.6. The Bertz CT molecular complexity index is 884. The van der Waals surface area contributed by atoms with Crippen LogP contribution < -0.4 is 10.6 Å². The summed E-state index contributed by atoms with van der Waals surface area (Å²) in [5.74, 6) is 0. The molecular formula is C24H26N2O2. The molecule has 2 aromatic rings. The lowest BCUT2D eigenvalue weighted by molar-refractivity contribution is -0.230. The molecule has 0 aromatic heterocycles. The van der Waals surface area contributed by atoms with E-state index in [1.165, 1.54) is 35.1 Å². The zero-order chi connectivity index (χ0) is 18.3. The SMILES string of the molecule is c1ccc2c(c1)CC1O[C@@]3(CCCC[C@]34NC3c5ccccc5CC3O4)NC21. The second-order valence-corrected chi connectivity index (χ2v) is 9.22. The van der Waals surface area contributed by atoms with Crippen molar-refractivity contribution in [2.75, 3.05) is 0 Å². The topological polar surface area (TPSA) is 42.5 Å². The molecule has 6 atom stereocenters. The van der Waals surface area contributed by atoms with Crippen molar-refractivity contribution in [3.63, 3.8) is 0 Å². The molecule has 2 heterocycles. The molecule has 2 aromatic carbocycles. The first kappa shape index (κ1) is 16.1. The van der Waals surface area contributed by atoms with Gasteiger partial charge in [0.1, 0.15) is 0 Å². The number of fused-ring (bicyclic) bond motifs is 7. The predicted octanol–water partition coefficient (Wildman–Crippen LogP) is 3.52. The normalized spacial score (nSPS) is 42.6. The van der Waals surface area contributed by atoms with Crippen LogP contribution in [0.15, 0.2) is 48.5 Å². The zero-order valence-electron chi connectivity index (χ0n) is 16.0. The maximum Gasteiger partial charge on any atom is 0.163 e. The molecule has 5 aliphatic rings. The fraction of sp³-hybridized carbons (Fsp3) is 0.500. The second kappa shape index (κ2) is 5.45. The van der Waals surface area contributed by atoms with Crippen LogP contribution in [0.3, 0.4) is 0 Å². The third kappa shape index (κ3) is 1.94. The Morgan fingerprint density at radius 1 is 0.679 bits per heavy atom. The molecule has 0 bridgehead atoms. The number of hydrogen-bond donors (Lipinski definition) is 2. The van der Waals surface area contributed by atoms with Crippen molar-refractivity contribution in [3.8, 4) is 0 Å². The fourth-order valence-electron chi connectivity index (χ4n) is 6.60. The van der Waals surface area contributed by atoms with Crippen molar-refractivity contribution in [2.24, 2.45) is 0 Å². The van der Waals surface area contributed by atoms with Crippen LogP contribution in [0.25, 0.3) is 0 Å². The summed E-state index contributed by atoms with van der Waals surface area (Å²) in [6, 6.07) is 18.1. The van der Waals surface area contributed by atoms with Gasteiger partial charge in [0.2, 0.25) is 0 Å². The first-order chi connectivity index (χ1) is 13.8. The molecular weight excluding hydrogens is 348 g/mol. The highest BCUT2D eigenvalue weighted by molar-refractivity contribution is 5.40. The van der Waals surface area contributed by atoms with Crippen LogP contribution in [-0.4, -0.2) is 23.7 Å². The van der Waals surface area contributed by atoms with Gasteiger partial charge in [-0.2, -0.15) is 0 Å². The zero-order valence-corrected chi connectivity index (χ0v) is 16.0. The van der Waals surface area contributed by atoms with E-state index in [0.29, 0.717) is 0 Å². The number of hydrogen-bond acceptors (Lipinski definition) is 4. The molecule has 2 spiro atoms. The first-order valence-electron chi connectivity index (χ1n) is 10.8. The molecule has 4 heteroatoms. The lowest BCUT2D eigenvalue weighted by atomic mass is 9.82. The monoisotopic (exact) mass is 374 g/mol. The van der Waals surface area contributed by atoms with Gasteiger partial charge in [-0.3, -0.25) is 10.6 Å². The molecule has 7 rings (SSSR count). The molecule has 28 heavy (non-hydrogen) atoms. The van der Waals surface area contributed by atoms with Gasteiger partial charge in [-0.15, -0.1) is 0 Å². The number of benzene rings is 2. The smallest absolute Gasteiger partial charge is 0.163 e. The van der Waals surface area contributed by atoms with E-state index in [4.69, 9.17) is 9.47 Å². The summed E-state index contributed by atoms with van der Waals surface area (Å²) in [5, 5.41) is 7.92. The number of rotatable bonds is 0. The summed E-state index contributed by atoms with van der Waals surface area (Å²) in [7, 11) is 0. The summed E-state index contributed by atoms with van der Waals surface area (Å²) in [5.41, 5.74) is 4.83. The standard InChI is InChI=1S/C24H26N2O2/c1-3-9-17-15(7-1)13-19-21(17)25-23(27-19)11-5-6-12-24(23)26-22-18-10-4-2-8-16(18)14-20(22)28-24/h1-4,7-10,19-22,25-26H,5-6,11-14H2/t19?,20?,21?,22?,23-,24-/m1/s1. The van der Waals surface area contributed by atoms with Crippen LogP contribution in [0.5, 0.6) is 0 Å². The molecule has 144 valence electrons. The molecule has 0 amide bonds. The maximum absolute atomic E-state index is 6.89. The highest BCUT2D eigenvalue weighted by Gasteiger charge is 2.66. The molecule has 2 N–H and O–H groups in total. The van der Waals surface area contributed by atoms with Crippen LogP contribution in [0.2, 0.25) is 0 Å². The van der Waals surface area contributed by atoms with Crippen molar-refractivity contribution in [3.05, 3.63) is 70.8 Å². The summed E-state index contributed by atoms with van der Waals surface area (Å²) < 4.78 is 13.8. The number of ether oxygens (including phenoxy) is 2. The van der Waals surface area contributed by atoms with E-state index in [0.717, 1.165) is 25.7 Å². The van der Waals surface area contributed by atoms with Crippen molar-refractivity contribution < 1.29 is 9.47 Å². The van der Waals surface area contributed by atoms with Gasteiger partial charge in [-0.25, -0.2) is 0 Å². The fourth-order valence-corrected chi connectivity index (χ4v) is 6.60. The molecule has 0 radical (unpaired) electrons. The van der Waals surface area contributed by atoms with Gasteiger partial charge in [0.15, 0.2) is 11.4 Å². The average Bonchev–Trinajstić information content (AvgIpc) is 3.41. The van der Waals surface area contributed by atoms with Gasteiger partial charge in [-0.1, -0.05) is 48.5 Å². The maximum atomic E-state index is 6.89. The van der Waals surface area contributed by atoms with Crippen LogP contribution in [0.1, 0.15) is 60.0 Å². The van der Waals surface area contributed by atoms with Crippen molar-refractivity contribution in [1.29, 1.82) is 0 Å². The Morgan fingerprint density at radius 2 is 1.14 bits per heavy atom. The molecule has 3 aliphatic carbocycles. The van der Waals surface area contributed by atoms with Crippen LogP contribution >= 0.6 is 0 Å². The summed E-state index contributed by atoms with van der Waals surface area (Å²) >= 11 is 0. The van der Waals surface area contributed by atoms with E-state index in [9.17, 15) is 0 Å². The Labute approximate surface area is 165 Å². The Kier molecular flexibility index (Phi) is 3.14. The molecule has 1 saturated carbocycles. The van der Waals surface area contributed by atoms with Crippen LogP contribution in [0, 0.1) is 0 Å². The van der Waals surface area contributed by atoms with Gasteiger partial charge in [0.05, 0.1) is 24.3 Å². The van der Waals surface area contributed by atoms with E-state index >= 15 is 0 Å². The Hall–Kier alpha value is -1.72. The van der Waals surface area contributed by atoms with Crippen molar-refractivity contribution in [2.45, 2.75) is 74.3 Å². The minimum atomic E-state index is -0.423. The van der Waals surface area contributed by atoms with Gasteiger partial charge in [0.25, 0.3) is 0 Å². The average molecular weight is 374 g/mol. The number of nitrogens with one attached hydrogen (secondary N) is 2. The molecule has 3 fully saturated rings. The predicted molar refractivity (Wildman–Crippen MR) is 106 cm³/mol. The van der Waals surface area contributed by atoms with Crippen LogP contribution in [-0.2, 0) is 22.3 Å². The van der Waals surface area contributed by atoms with E-state index in [2.05, 4.69) is 59.2 Å². The lowest BCUT2D eigenvalue weighted by Gasteiger charge is -2.49. The third-order valence-electron chi connectivity index (χ3n) is 7.81. The van der Waals surface area contributed by atoms with E-state index < -0.39 is 11.4 Å². The quantitative estimate of drug-likeness (QED) is 0.740. The van der Waals surface area contributed by atoms with Crippen LogP contribution in [0.4, 0.5) is 0 Å². The summed E-state index contributed by atoms with van der Waals surface area (Å²) in [4.78, 5) is 0. The van der Waals surface area contributed by atoms with Gasteiger partial charge < -0.3 is 9.47 Å². The molecule has 4 unspecified atom stereocenters. The molecule has 2 aliphatic heterocycles. The van der Waals surface area contributed by atoms with E-state index in [1.54, 1.807) is 0 Å². The largest absolute Gasteiger partial charge is 0.350 e. The first-order valence-corrected chi connectivity index (χ1v) is 10.8.